The number of aromatic nitrogens is 1. The zero-order valence-corrected chi connectivity index (χ0v) is 15.7. The summed E-state index contributed by atoms with van der Waals surface area (Å²) in [6.45, 7) is 7.25. The molecule has 1 N–H and O–H groups in total. The Bertz CT molecular complexity index is 1240. The highest BCUT2D eigenvalue weighted by Gasteiger charge is 2.53. The van der Waals surface area contributed by atoms with Crippen molar-refractivity contribution in [1.29, 1.82) is 0 Å². The minimum Gasteiger partial charge on any atom is -0.478 e. The first-order valence-corrected chi connectivity index (χ1v) is 9.31. The second-order valence-electron chi connectivity index (χ2n) is 7.58. The van der Waals surface area contributed by atoms with E-state index < -0.39 is 5.97 Å². The van der Waals surface area contributed by atoms with E-state index >= 15 is 0 Å². The molecule has 1 aromatic heterocycles. The van der Waals surface area contributed by atoms with Crippen molar-refractivity contribution in [3.63, 3.8) is 0 Å². The summed E-state index contributed by atoms with van der Waals surface area (Å²) in [7, 11) is 1.79. The molecule has 0 radical (unpaired) electrons. The Hall–Kier alpha value is -3.85. The number of amides is 1. The van der Waals surface area contributed by atoms with Crippen LogP contribution in [0.2, 0.25) is 0 Å². The van der Waals surface area contributed by atoms with E-state index in [4.69, 9.17) is 6.57 Å². The van der Waals surface area contributed by atoms with E-state index in [9.17, 15) is 14.7 Å². The van der Waals surface area contributed by atoms with Crippen molar-refractivity contribution in [3.8, 4) is 16.8 Å². The summed E-state index contributed by atoms with van der Waals surface area (Å²) in [4.78, 5) is 29.9. The number of hydrogen-bond donors (Lipinski definition) is 1. The van der Waals surface area contributed by atoms with E-state index in [0.717, 1.165) is 35.2 Å². The fourth-order valence-electron chi connectivity index (χ4n) is 4.27. The molecule has 1 aliphatic carbocycles. The Morgan fingerprint density at radius 3 is 2.59 bits per heavy atom. The highest BCUT2D eigenvalue weighted by atomic mass is 16.4. The first-order chi connectivity index (χ1) is 13.9. The van der Waals surface area contributed by atoms with E-state index in [1.165, 1.54) is 12.3 Å². The smallest absolute Gasteiger partial charge is 0.337 e. The van der Waals surface area contributed by atoms with Crippen molar-refractivity contribution in [1.82, 2.24) is 9.47 Å². The van der Waals surface area contributed by atoms with Gasteiger partial charge in [0.2, 0.25) is 0 Å². The third-order valence-corrected chi connectivity index (χ3v) is 6.02. The lowest BCUT2D eigenvalue weighted by molar-refractivity contribution is 0.0695. The minimum atomic E-state index is -1.07. The molecule has 29 heavy (non-hydrogen) atoms. The summed E-state index contributed by atoms with van der Waals surface area (Å²) >= 11 is 0. The molecule has 0 bridgehead atoms. The number of hydrogen-bond acceptors (Lipinski definition) is 2. The van der Waals surface area contributed by atoms with Gasteiger partial charge in [-0.15, -0.1) is 0 Å². The lowest BCUT2D eigenvalue weighted by Gasteiger charge is -2.27. The number of benzene rings is 2. The second-order valence-corrected chi connectivity index (χ2v) is 7.58. The Balaban J connectivity index is 1.77. The van der Waals surface area contributed by atoms with Crippen molar-refractivity contribution in [2.75, 3.05) is 7.05 Å². The molecule has 6 heteroatoms. The van der Waals surface area contributed by atoms with Gasteiger partial charge in [0.25, 0.3) is 5.91 Å². The van der Waals surface area contributed by atoms with E-state index in [0.29, 0.717) is 11.4 Å². The number of rotatable bonds is 2. The van der Waals surface area contributed by atoms with E-state index in [2.05, 4.69) is 4.85 Å². The molecule has 2 aromatic carbocycles. The summed E-state index contributed by atoms with van der Waals surface area (Å²) in [5.41, 5.74) is 4.30. The van der Waals surface area contributed by atoms with Crippen LogP contribution >= 0.6 is 0 Å². The molecule has 3 aromatic rings. The molecule has 1 aliphatic heterocycles. The maximum absolute atomic E-state index is 13.1. The van der Waals surface area contributed by atoms with Crippen LogP contribution in [-0.4, -0.2) is 33.5 Å². The first-order valence-electron chi connectivity index (χ1n) is 9.31. The van der Waals surface area contributed by atoms with Crippen LogP contribution < -0.4 is 0 Å². The lowest BCUT2D eigenvalue weighted by atomic mass is 9.96. The van der Waals surface area contributed by atoms with Gasteiger partial charge in [0, 0.05) is 18.8 Å². The molecule has 1 saturated carbocycles. The molecule has 1 fully saturated rings. The van der Waals surface area contributed by atoms with Crippen LogP contribution in [0.25, 0.3) is 21.7 Å². The zero-order chi connectivity index (χ0) is 20.3. The van der Waals surface area contributed by atoms with Crippen LogP contribution in [0.5, 0.6) is 0 Å². The second kappa shape index (κ2) is 5.82. The molecule has 2 heterocycles. The molecule has 5 rings (SSSR count). The van der Waals surface area contributed by atoms with Gasteiger partial charge in [-0.1, -0.05) is 30.3 Å². The molecular formula is C23H17N3O3. The van der Waals surface area contributed by atoms with Gasteiger partial charge in [-0.3, -0.25) is 4.79 Å². The fraction of sp³-hybridized carbons (Fsp3) is 0.174. The fourth-order valence-corrected chi connectivity index (χ4v) is 4.27. The van der Waals surface area contributed by atoms with Gasteiger partial charge in [-0.05, 0) is 42.2 Å². The van der Waals surface area contributed by atoms with Crippen LogP contribution in [0.3, 0.4) is 0 Å². The number of carbonyl (C=O) groups excluding carboxylic acids is 1. The predicted molar refractivity (Wildman–Crippen MR) is 107 cm³/mol. The quantitative estimate of drug-likeness (QED) is 0.664. The molecule has 1 spiro atoms. The first kappa shape index (κ1) is 17.3. The Morgan fingerprint density at radius 2 is 1.90 bits per heavy atom. The summed E-state index contributed by atoms with van der Waals surface area (Å²) in [5.74, 6) is -1.24. The van der Waals surface area contributed by atoms with Gasteiger partial charge >= 0.3 is 5.97 Å². The van der Waals surface area contributed by atoms with E-state index in [1.54, 1.807) is 22.6 Å². The molecule has 1 amide bonds. The Labute approximate surface area is 167 Å². The van der Waals surface area contributed by atoms with Crippen molar-refractivity contribution in [2.24, 2.45) is 0 Å². The molecule has 142 valence electrons. The molecule has 0 unspecified atom stereocenters. The van der Waals surface area contributed by atoms with E-state index in [-0.39, 0.29) is 17.0 Å². The monoisotopic (exact) mass is 383 g/mol. The minimum absolute atomic E-state index is 0.0832. The van der Waals surface area contributed by atoms with Crippen LogP contribution in [-0.2, 0) is 5.54 Å². The third-order valence-electron chi connectivity index (χ3n) is 6.02. The molecular weight excluding hydrogens is 366 g/mol. The maximum atomic E-state index is 13.1. The number of nitrogens with zero attached hydrogens (tertiary/aromatic N) is 3. The van der Waals surface area contributed by atoms with Crippen molar-refractivity contribution < 1.29 is 14.7 Å². The number of fused-ring (bicyclic) bond motifs is 4. The highest BCUT2D eigenvalue weighted by molar-refractivity contribution is 5.99. The molecule has 0 atom stereocenters. The van der Waals surface area contributed by atoms with Gasteiger partial charge in [0.15, 0.2) is 5.69 Å². The highest BCUT2D eigenvalue weighted by Crippen LogP contribution is 2.54. The van der Waals surface area contributed by atoms with Crippen LogP contribution in [0.4, 0.5) is 5.69 Å². The Kier molecular flexibility index (Phi) is 3.47. The average Bonchev–Trinajstić information content (AvgIpc) is 3.43. The Morgan fingerprint density at radius 1 is 1.14 bits per heavy atom. The van der Waals surface area contributed by atoms with Gasteiger partial charge in [0.1, 0.15) is 5.69 Å². The van der Waals surface area contributed by atoms with Gasteiger partial charge in [-0.2, -0.15) is 0 Å². The van der Waals surface area contributed by atoms with Crippen LogP contribution in [0.15, 0.2) is 54.7 Å². The SMILES string of the molecule is [C-]#[N+]c1cccc(-c2ccc3c(c2)-n2cc(C(=O)O)cc2C(=O)N(C)C32CC2)c1. The number of carboxylic acids is 1. The lowest BCUT2D eigenvalue weighted by Crippen LogP contribution is -2.36. The maximum Gasteiger partial charge on any atom is 0.337 e. The van der Waals surface area contributed by atoms with Gasteiger partial charge in [-0.25, -0.2) is 9.64 Å². The summed E-state index contributed by atoms with van der Waals surface area (Å²) in [5, 5.41) is 9.44. The normalized spacial score (nSPS) is 16.0. The number of carboxylic acid groups (broad SMARTS) is 1. The molecule has 2 aliphatic rings. The predicted octanol–water partition coefficient (Wildman–Crippen LogP) is 4.47. The largest absolute Gasteiger partial charge is 0.478 e. The van der Waals surface area contributed by atoms with Crippen molar-refractivity contribution in [2.45, 2.75) is 18.4 Å². The van der Waals surface area contributed by atoms with Crippen LogP contribution in [0.1, 0.15) is 39.3 Å². The molecule has 0 saturated heterocycles. The third kappa shape index (κ3) is 2.41. The van der Waals surface area contributed by atoms with Gasteiger partial charge < -0.3 is 14.6 Å². The number of carbonyl (C=O) groups is 2. The summed E-state index contributed by atoms with van der Waals surface area (Å²) in [6, 6.07) is 14.8. The molecule has 6 nitrogen and oxygen atoms in total. The number of aromatic carboxylic acids is 1. The van der Waals surface area contributed by atoms with Crippen molar-refractivity contribution in [3.05, 3.63) is 83.0 Å². The zero-order valence-electron chi connectivity index (χ0n) is 15.7. The summed E-state index contributed by atoms with van der Waals surface area (Å²) in [6.07, 6.45) is 3.28. The average molecular weight is 383 g/mol. The standard InChI is InChI=1S/C23H17N3O3/c1-24-17-5-3-4-14(10-17)15-6-7-18-19(11-15)26-13-16(22(28)29)12-20(26)21(27)25(2)23(18)8-9-23/h3-7,10-13H,8-9H2,2H3,(H,28,29). The van der Waals surface area contributed by atoms with Crippen LogP contribution in [0, 0.1) is 6.57 Å². The summed E-state index contributed by atoms with van der Waals surface area (Å²) < 4.78 is 1.70. The van der Waals surface area contributed by atoms with Gasteiger partial charge in [0.05, 0.1) is 23.4 Å². The topological polar surface area (TPSA) is 66.9 Å². The van der Waals surface area contributed by atoms with Crippen molar-refractivity contribution >= 4 is 17.6 Å². The van der Waals surface area contributed by atoms with E-state index in [1.807, 2.05) is 36.4 Å².